The second kappa shape index (κ2) is 9.52. The van der Waals surface area contributed by atoms with E-state index in [4.69, 9.17) is 19.9 Å². The zero-order valence-corrected chi connectivity index (χ0v) is 17.5. The van der Waals surface area contributed by atoms with Gasteiger partial charge in [-0.2, -0.15) is 0 Å². The second-order valence-corrected chi connectivity index (χ2v) is 7.63. The van der Waals surface area contributed by atoms with E-state index in [0.29, 0.717) is 50.2 Å². The van der Waals surface area contributed by atoms with Crippen molar-refractivity contribution in [3.05, 3.63) is 23.8 Å². The summed E-state index contributed by atoms with van der Waals surface area (Å²) in [7, 11) is 3.24. The molecule has 2 rings (SSSR count). The third-order valence-electron chi connectivity index (χ3n) is 4.38. The molecule has 1 heterocycles. The molecule has 0 aliphatic carbocycles. The third kappa shape index (κ3) is 6.21. The van der Waals surface area contributed by atoms with Crippen molar-refractivity contribution in [3.8, 4) is 11.5 Å². The molecule has 8 heteroatoms. The van der Waals surface area contributed by atoms with Crippen LogP contribution in [0, 0.1) is 0 Å². The maximum atomic E-state index is 12.1. The van der Waals surface area contributed by atoms with E-state index in [9.17, 15) is 4.79 Å². The van der Waals surface area contributed by atoms with Gasteiger partial charge in [0, 0.05) is 32.7 Å². The zero-order chi connectivity index (χ0) is 20.7. The number of piperazine rings is 1. The maximum Gasteiger partial charge on any atom is 0.410 e. The van der Waals surface area contributed by atoms with Crippen molar-refractivity contribution in [2.45, 2.75) is 32.8 Å². The van der Waals surface area contributed by atoms with Crippen molar-refractivity contribution in [2.75, 3.05) is 46.9 Å². The van der Waals surface area contributed by atoms with Crippen LogP contribution in [0.1, 0.15) is 26.3 Å². The highest BCUT2D eigenvalue weighted by atomic mass is 16.6. The SMILES string of the molecule is COc1ccc(CCN=C(N)N2CCN(C(=O)OC(C)(C)C)CC2)cc1OC. The third-order valence-corrected chi connectivity index (χ3v) is 4.38. The van der Waals surface area contributed by atoms with Gasteiger partial charge in [0.1, 0.15) is 5.60 Å². The number of nitrogens with two attached hydrogens (primary N) is 1. The summed E-state index contributed by atoms with van der Waals surface area (Å²) >= 11 is 0. The van der Waals surface area contributed by atoms with E-state index < -0.39 is 5.60 Å². The van der Waals surface area contributed by atoms with Crippen LogP contribution < -0.4 is 15.2 Å². The predicted molar refractivity (Wildman–Crippen MR) is 109 cm³/mol. The lowest BCUT2D eigenvalue weighted by Gasteiger charge is -2.36. The molecule has 0 aromatic heterocycles. The number of amides is 1. The molecule has 0 atom stereocenters. The lowest BCUT2D eigenvalue weighted by Crippen LogP contribution is -2.53. The minimum atomic E-state index is -0.487. The predicted octanol–water partition coefficient (Wildman–Crippen LogP) is 2.11. The fraction of sp³-hybridized carbons (Fsp3) is 0.600. The summed E-state index contributed by atoms with van der Waals surface area (Å²) < 4.78 is 16.0. The van der Waals surface area contributed by atoms with Crippen LogP contribution in [0.5, 0.6) is 11.5 Å². The van der Waals surface area contributed by atoms with Gasteiger partial charge in [-0.25, -0.2) is 4.79 Å². The van der Waals surface area contributed by atoms with E-state index in [1.54, 1.807) is 19.1 Å². The summed E-state index contributed by atoms with van der Waals surface area (Å²) in [5.41, 5.74) is 6.75. The normalized spacial score (nSPS) is 15.4. The number of carbonyl (C=O) groups is 1. The van der Waals surface area contributed by atoms with Crippen LogP contribution in [0.25, 0.3) is 0 Å². The number of methoxy groups -OCH3 is 2. The summed E-state index contributed by atoms with van der Waals surface area (Å²) in [5, 5.41) is 0. The van der Waals surface area contributed by atoms with Crippen molar-refractivity contribution in [1.82, 2.24) is 9.80 Å². The van der Waals surface area contributed by atoms with Gasteiger partial charge in [-0.15, -0.1) is 0 Å². The molecular weight excluding hydrogens is 360 g/mol. The number of carbonyl (C=O) groups excluding carboxylic acids is 1. The number of nitrogens with zero attached hydrogens (tertiary/aromatic N) is 3. The van der Waals surface area contributed by atoms with E-state index in [1.165, 1.54) is 0 Å². The molecule has 0 unspecified atom stereocenters. The van der Waals surface area contributed by atoms with Gasteiger partial charge in [0.2, 0.25) is 0 Å². The summed E-state index contributed by atoms with van der Waals surface area (Å²) in [6.07, 6.45) is 0.468. The summed E-state index contributed by atoms with van der Waals surface area (Å²) in [5.74, 6) is 1.91. The molecule has 28 heavy (non-hydrogen) atoms. The van der Waals surface area contributed by atoms with Gasteiger partial charge in [0.15, 0.2) is 17.5 Å². The fourth-order valence-electron chi connectivity index (χ4n) is 2.88. The molecule has 1 aromatic rings. The van der Waals surface area contributed by atoms with Gasteiger partial charge in [-0.05, 0) is 44.9 Å². The Balaban J connectivity index is 1.82. The molecular formula is C20H32N4O4. The van der Waals surface area contributed by atoms with Crippen molar-refractivity contribution in [2.24, 2.45) is 10.7 Å². The molecule has 1 amide bonds. The smallest absolute Gasteiger partial charge is 0.410 e. The van der Waals surface area contributed by atoms with Gasteiger partial charge in [-0.3, -0.25) is 4.99 Å². The Labute approximate surface area is 167 Å². The summed E-state index contributed by atoms with van der Waals surface area (Å²) in [6, 6.07) is 5.83. The number of ether oxygens (including phenoxy) is 3. The molecule has 2 N–H and O–H groups in total. The highest BCUT2D eigenvalue weighted by Gasteiger charge is 2.26. The van der Waals surface area contributed by atoms with Crippen LogP contribution in [0.15, 0.2) is 23.2 Å². The fourth-order valence-corrected chi connectivity index (χ4v) is 2.88. The highest BCUT2D eigenvalue weighted by Crippen LogP contribution is 2.27. The Morgan fingerprint density at radius 1 is 1.07 bits per heavy atom. The Morgan fingerprint density at radius 2 is 1.68 bits per heavy atom. The standard InChI is InChI=1S/C20H32N4O4/c1-20(2,3)28-19(25)24-12-10-23(11-13-24)18(21)22-9-8-15-6-7-16(26-4)17(14-15)27-5/h6-7,14H,8-13H2,1-5H3,(H2,21,22). The monoisotopic (exact) mass is 392 g/mol. The molecule has 1 aromatic carbocycles. The minimum absolute atomic E-state index is 0.281. The van der Waals surface area contributed by atoms with Crippen LogP contribution in [0.3, 0.4) is 0 Å². The zero-order valence-electron chi connectivity index (χ0n) is 17.5. The van der Waals surface area contributed by atoms with Crippen molar-refractivity contribution < 1.29 is 19.0 Å². The first-order valence-corrected chi connectivity index (χ1v) is 9.47. The lowest BCUT2D eigenvalue weighted by molar-refractivity contribution is 0.0186. The number of hydrogen-bond donors (Lipinski definition) is 1. The van der Waals surface area contributed by atoms with Gasteiger partial charge < -0.3 is 29.7 Å². The van der Waals surface area contributed by atoms with E-state index in [2.05, 4.69) is 4.99 Å². The average molecular weight is 393 g/mol. The first kappa shape index (κ1) is 21.7. The molecule has 1 saturated heterocycles. The Bertz CT molecular complexity index is 692. The second-order valence-electron chi connectivity index (χ2n) is 7.63. The molecule has 0 spiro atoms. The highest BCUT2D eigenvalue weighted by molar-refractivity contribution is 5.78. The van der Waals surface area contributed by atoms with Gasteiger partial charge in [0.05, 0.1) is 14.2 Å². The van der Waals surface area contributed by atoms with Crippen molar-refractivity contribution in [3.63, 3.8) is 0 Å². The average Bonchev–Trinajstić information content (AvgIpc) is 2.66. The van der Waals surface area contributed by atoms with E-state index >= 15 is 0 Å². The molecule has 1 aliphatic rings. The Hall–Kier alpha value is -2.64. The molecule has 0 bridgehead atoms. The number of aliphatic imine (C=N–C) groups is 1. The Morgan fingerprint density at radius 3 is 2.25 bits per heavy atom. The van der Waals surface area contributed by atoms with E-state index in [0.717, 1.165) is 12.0 Å². The topological polar surface area (TPSA) is 89.6 Å². The van der Waals surface area contributed by atoms with Crippen LogP contribution in [0.4, 0.5) is 4.79 Å². The van der Waals surface area contributed by atoms with E-state index in [1.807, 2.05) is 43.9 Å². The lowest BCUT2D eigenvalue weighted by atomic mass is 10.1. The van der Waals surface area contributed by atoms with Crippen LogP contribution in [0.2, 0.25) is 0 Å². The largest absolute Gasteiger partial charge is 0.493 e. The molecule has 156 valence electrons. The van der Waals surface area contributed by atoms with Gasteiger partial charge >= 0.3 is 6.09 Å². The number of hydrogen-bond acceptors (Lipinski definition) is 5. The van der Waals surface area contributed by atoms with Crippen LogP contribution >= 0.6 is 0 Å². The first-order valence-electron chi connectivity index (χ1n) is 9.47. The molecule has 0 saturated carbocycles. The molecule has 0 radical (unpaired) electrons. The van der Waals surface area contributed by atoms with Crippen molar-refractivity contribution in [1.29, 1.82) is 0 Å². The number of rotatable bonds is 5. The van der Waals surface area contributed by atoms with E-state index in [-0.39, 0.29) is 6.09 Å². The quantitative estimate of drug-likeness (QED) is 0.610. The first-order chi connectivity index (χ1) is 13.2. The molecule has 1 aliphatic heterocycles. The van der Waals surface area contributed by atoms with Crippen LogP contribution in [-0.2, 0) is 11.2 Å². The number of benzene rings is 1. The summed E-state index contributed by atoms with van der Waals surface area (Å²) in [6.45, 7) is 8.60. The Kier molecular flexibility index (Phi) is 7.37. The number of guanidine groups is 1. The molecule has 8 nitrogen and oxygen atoms in total. The summed E-state index contributed by atoms with van der Waals surface area (Å²) in [4.78, 5) is 20.3. The van der Waals surface area contributed by atoms with Crippen molar-refractivity contribution >= 4 is 12.1 Å². The maximum absolute atomic E-state index is 12.1. The van der Waals surface area contributed by atoms with Gasteiger partial charge in [0.25, 0.3) is 0 Å². The van der Waals surface area contributed by atoms with Gasteiger partial charge in [-0.1, -0.05) is 6.07 Å². The molecule has 1 fully saturated rings. The van der Waals surface area contributed by atoms with Crippen LogP contribution in [-0.4, -0.2) is 74.4 Å². The minimum Gasteiger partial charge on any atom is -0.493 e.